The third-order valence-corrected chi connectivity index (χ3v) is 4.48. The first-order chi connectivity index (χ1) is 10.3. The van der Waals surface area contributed by atoms with E-state index in [-0.39, 0.29) is 6.04 Å². The standard InChI is InChI=1S/C17H19BrN2O/c18-16-9-5-4-8-15(16)12-17(14-6-2-1-3-7-14)20-13-19-10-11-21-20/h1-9,17,19H,10-13H2/t17-/m0/s1. The fraction of sp³-hybridized carbons (Fsp3) is 0.294. The van der Waals surface area contributed by atoms with E-state index in [1.807, 2.05) is 12.1 Å². The van der Waals surface area contributed by atoms with Gasteiger partial charge in [0.25, 0.3) is 0 Å². The fourth-order valence-corrected chi connectivity index (χ4v) is 3.05. The van der Waals surface area contributed by atoms with E-state index in [4.69, 9.17) is 4.84 Å². The van der Waals surface area contributed by atoms with Gasteiger partial charge in [0.1, 0.15) is 0 Å². The lowest BCUT2D eigenvalue weighted by Gasteiger charge is -2.34. The zero-order valence-electron chi connectivity index (χ0n) is 11.8. The molecule has 0 amide bonds. The third-order valence-electron chi connectivity index (χ3n) is 3.71. The number of hydrogen-bond donors (Lipinski definition) is 1. The second-order valence-corrected chi connectivity index (χ2v) is 5.98. The lowest BCUT2D eigenvalue weighted by molar-refractivity contribution is -0.210. The highest BCUT2D eigenvalue weighted by Gasteiger charge is 2.24. The summed E-state index contributed by atoms with van der Waals surface area (Å²) < 4.78 is 1.15. The number of hydrogen-bond acceptors (Lipinski definition) is 3. The Morgan fingerprint density at radius 2 is 1.86 bits per heavy atom. The lowest BCUT2D eigenvalue weighted by Crippen LogP contribution is -2.45. The Hall–Kier alpha value is -1.20. The summed E-state index contributed by atoms with van der Waals surface area (Å²) in [6.07, 6.45) is 0.910. The Bertz CT molecular complexity index is 570. The predicted molar refractivity (Wildman–Crippen MR) is 87.7 cm³/mol. The van der Waals surface area contributed by atoms with Gasteiger partial charge in [-0.15, -0.1) is 0 Å². The Labute approximate surface area is 134 Å². The highest BCUT2D eigenvalue weighted by atomic mass is 79.9. The molecular weight excluding hydrogens is 328 g/mol. The van der Waals surface area contributed by atoms with E-state index in [9.17, 15) is 0 Å². The molecule has 1 atom stereocenters. The summed E-state index contributed by atoms with van der Waals surface area (Å²) in [4.78, 5) is 5.86. The van der Waals surface area contributed by atoms with Gasteiger partial charge < -0.3 is 5.32 Å². The van der Waals surface area contributed by atoms with Crippen LogP contribution in [0.3, 0.4) is 0 Å². The van der Waals surface area contributed by atoms with E-state index in [0.717, 1.165) is 30.7 Å². The van der Waals surface area contributed by atoms with Crippen LogP contribution < -0.4 is 5.32 Å². The molecule has 1 fully saturated rings. The van der Waals surface area contributed by atoms with Crippen LogP contribution in [0.25, 0.3) is 0 Å². The minimum Gasteiger partial charge on any atom is -0.300 e. The Kier molecular flexibility index (Phi) is 5.04. The first-order valence-electron chi connectivity index (χ1n) is 7.23. The van der Waals surface area contributed by atoms with Crippen LogP contribution in [0.5, 0.6) is 0 Å². The normalized spacial score (nSPS) is 17.6. The van der Waals surface area contributed by atoms with Crippen molar-refractivity contribution in [2.45, 2.75) is 12.5 Å². The number of hydroxylamine groups is 2. The van der Waals surface area contributed by atoms with Crippen molar-refractivity contribution in [2.75, 3.05) is 19.8 Å². The highest BCUT2D eigenvalue weighted by molar-refractivity contribution is 9.10. The van der Waals surface area contributed by atoms with Gasteiger partial charge in [0.15, 0.2) is 0 Å². The summed E-state index contributed by atoms with van der Waals surface area (Å²) in [5, 5.41) is 5.43. The summed E-state index contributed by atoms with van der Waals surface area (Å²) in [7, 11) is 0. The smallest absolute Gasteiger partial charge is 0.0811 e. The molecule has 0 radical (unpaired) electrons. The van der Waals surface area contributed by atoms with E-state index in [1.54, 1.807) is 0 Å². The van der Waals surface area contributed by atoms with Crippen molar-refractivity contribution in [2.24, 2.45) is 0 Å². The molecule has 1 aliphatic heterocycles. The van der Waals surface area contributed by atoms with Gasteiger partial charge in [0, 0.05) is 11.0 Å². The molecule has 1 saturated heterocycles. The van der Waals surface area contributed by atoms with Crippen LogP contribution in [-0.4, -0.2) is 24.9 Å². The molecule has 0 bridgehead atoms. The van der Waals surface area contributed by atoms with Crippen LogP contribution in [-0.2, 0) is 11.3 Å². The number of nitrogens with zero attached hydrogens (tertiary/aromatic N) is 1. The molecule has 3 nitrogen and oxygen atoms in total. The minimum absolute atomic E-state index is 0.206. The average Bonchev–Trinajstić information content (AvgIpc) is 2.56. The Balaban J connectivity index is 1.87. The highest BCUT2D eigenvalue weighted by Crippen LogP contribution is 2.28. The maximum absolute atomic E-state index is 5.86. The molecule has 3 rings (SSSR count). The van der Waals surface area contributed by atoms with Gasteiger partial charge in [-0.3, -0.25) is 4.84 Å². The van der Waals surface area contributed by atoms with Crippen molar-refractivity contribution >= 4 is 15.9 Å². The largest absolute Gasteiger partial charge is 0.300 e. The van der Waals surface area contributed by atoms with E-state index < -0.39 is 0 Å². The maximum atomic E-state index is 5.86. The molecule has 1 N–H and O–H groups in total. The maximum Gasteiger partial charge on any atom is 0.0811 e. The fourth-order valence-electron chi connectivity index (χ4n) is 2.60. The molecule has 21 heavy (non-hydrogen) atoms. The van der Waals surface area contributed by atoms with Crippen molar-refractivity contribution in [3.05, 3.63) is 70.2 Å². The van der Waals surface area contributed by atoms with E-state index in [2.05, 4.69) is 68.8 Å². The molecule has 0 saturated carbocycles. The van der Waals surface area contributed by atoms with Gasteiger partial charge in [0.2, 0.25) is 0 Å². The van der Waals surface area contributed by atoms with Crippen molar-refractivity contribution in [3.63, 3.8) is 0 Å². The second-order valence-electron chi connectivity index (χ2n) is 5.13. The molecule has 2 aromatic carbocycles. The third kappa shape index (κ3) is 3.71. The SMILES string of the molecule is Brc1ccccc1C[C@@H](c1ccccc1)N1CNCCO1. The number of nitrogens with one attached hydrogen (secondary N) is 1. The first-order valence-corrected chi connectivity index (χ1v) is 8.02. The minimum atomic E-state index is 0.206. The number of halogens is 1. The van der Waals surface area contributed by atoms with Crippen LogP contribution >= 0.6 is 15.9 Å². The van der Waals surface area contributed by atoms with Crippen LogP contribution in [0, 0.1) is 0 Å². The molecule has 2 aromatic rings. The molecule has 0 spiro atoms. The average molecular weight is 347 g/mol. The van der Waals surface area contributed by atoms with Crippen molar-refractivity contribution < 1.29 is 4.84 Å². The molecule has 1 aliphatic rings. The van der Waals surface area contributed by atoms with Crippen LogP contribution in [0.15, 0.2) is 59.1 Å². The van der Waals surface area contributed by atoms with Crippen LogP contribution in [0.4, 0.5) is 0 Å². The monoisotopic (exact) mass is 346 g/mol. The summed E-state index contributed by atoms with van der Waals surface area (Å²) in [6.45, 7) is 2.39. The van der Waals surface area contributed by atoms with Crippen molar-refractivity contribution in [3.8, 4) is 0 Å². The van der Waals surface area contributed by atoms with E-state index >= 15 is 0 Å². The van der Waals surface area contributed by atoms with E-state index in [0.29, 0.717) is 0 Å². The van der Waals surface area contributed by atoms with Crippen LogP contribution in [0.1, 0.15) is 17.2 Å². The Morgan fingerprint density at radius 1 is 1.10 bits per heavy atom. The lowest BCUT2D eigenvalue weighted by atomic mass is 9.98. The van der Waals surface area contributed by atoms with Crippen LogP contribution in [0.2, 0.25) is 0 Å². The zero-order chi connectivity index (χ0) is 14.5. The Morgan fingerprint density at radius 3 is 2.57 bits per heavy atom. The summed E-state index contributed by atoms with van der Waals surface area (Å²) in [5.41, 5.74) is 2.57. The van der Waals surface area contributed by atoms with Crippen molar-refractivity contribution in [1.29, 1.82) is 0 Å². The first kappa shape index (κ1) is 14.7. The molecule has 0 unspecified atom stereocenters. The summed E-state index contributed by atoms with van der Waals surface area (Å²) >= 11 is 3.65. The second kappa shape index (κ2) is 7.18. The van der Waals surface area contributed by atoms with Gasteiger partial charge >= 0.3 is 0 Å². The molecule has 0 aromatic heterocycles. The van der Waals surface area contributed by atoms with Gasteiger partial charge in [0.05, 0.1) is 19.3 Å². The number of rotatable bonds is 4. The molecular formula is C17H19BrN2O. The van der Waals surface area contributed by atoms with E-state index in [1.165, 1.54) is 11.1 Å². The van der Waals surface area contributed by atoms with Gasteiger partial charge in [-0.1, -0.05) is 64.5 Å². The molecule has 110 valence electrons. The molecule has 4 heteroatoms. The van der Waals surface area contributed by atoms with Gasteiger partial charge in [-0.05, 0) is 23.6 Å². The summed E-state index contributed by atoms with van der Waals surface area (Å²) in [5.74, 6) is 0. The topological polar surface area (TPSA) is 24.5 Å². The number of benzene rings is 2. The predicted octanol–water partition coefficient (Wildman–Crippen LogP) is 3.53. The van der Waals surface area contributed by atoms with Gasteiger partial charge in [-0.25, -0.2) is 0 Å². The molecule has 1 heterocycles. The zero-order valence-corrected chi connectivity index (χ0v) is 13.4. The van der Waals surface area contributed by atoms with Gasteiger partial charge in [-0.2, -0.15) is 5.06 Å². The molecule has 0 aliphatic carbocycles. The quantitative estimate of drug-likeness (QED) is 0.916. The summed E-state index contributed by atoms with van der Waals surface area (Å²) in [6, 6.07) is 19.1. The van der Waals surface area contributed by atoms with Crippen molar-refractivity contribution in [1.82, 2.24) is 10.4 Å².